The van der Waals surface area contributed by atoms with Crippen LogP contribution in [0, 0.1) is 0 Å². The van der Waals surface area contributed by atoms with Crippen LogP contribution in [-0.4, -0.2) is 43.1 Å². The summed E-state index contributed by atoms with van der Waals surface area (Å²) in [4.78, 5) is 14.2. The second-order valence-corrected chi connectivity index (χ2v) is 5.09. The van der Waals surface area contributed by atoms with Gasteiger partial charge in [-0.25, -0.2) is 0 Å². The van der Waals surface area contributed by atoms with Crippen molar-refractivity contribution in [2.24, 2.45) is 0 Å². The molecule has 1 heterocycles. The van der Waals surface area contributed by atoms with Gasteiger partial charge >= 0.3 is 0 Å². The van der Waals surface area contributed by atoms with Gasteiger partial charge < -0.3 is 15.8 Å². The minimum absolute atomic E-state index is 0.0444. The Kier molecular flexibility index (Phi) is 5.24. The van der Waals surface area contributed by atoms with Gasteiger partial charge in [0.05, 0.1) is 0 Å². The average molecular weight is 277 g/mol. The van der Waals surface area contributed by atoms with E-state index in [0.717, 1.165) is 19.5 Å². The van der Waals surface area contributed by atoms with Gasteiger partial charge in [-0.05, 0) is 50.2 Å². The van der Waals surface area contributed by atoms with Crippen molar-refractivity contribution in [1.29, 1.82) is 0 Å². The average Bonchev–Trinajstić information content (AvgIpc) is 2.92. The molecule has 1 saturated heterocycles. The third kappa shape index (κ3) is 4.13. The highest BCUT2D eigenvalue weighted by molar-refractivity contribution is 5.77. The molecule has 1 fully saturated rings. The normalized spacial score (nSPS) is 18.9. The van der Waals surface area contributed by atoms with Crippen molar-refractivity contribution in [1.82, 2.24) is 10.2 Å². The smallest absolute Gasteiger partial charge is 0.257 e. The summed E-state index contributed by atoms with van der Waals surface area (Å²) < 4.78 is 5.41. The number of nitrogens with two attached hydrogens (primary N) is 1. The van der Waals surface area contributed by atoms with Crippen molar-refractivity contribution in [3.8, 4) is 5.75 Å². The van der Waals surface area contributed by atoms with E-state index in [2.05, 4.69) is 17.1 Å². The first-order valence-electron chi connectivity index (χ1n) is 7.18. The zero-order valence-corrected chi connectivity index (χ0v) is 12.0. The molecule has 110 valence electrons. The zero-order valence-electron chi connectivity index (χ0n) is 12.0. The number of carbonyl (C=O) groups is 1. The van der Waals surface area contributed by atoms with Crippen LogP contribution in [0.2, 0.25) is 0 Å². The molecule has 1 aliphatic rings. The van der Waals surface area contributed by atoms with Gasteiger partial charge in [0.25, 0.3) is 5.91 Å². The first-order valence-corrected chi connectivity index (χ1v) is 7.18. The molecule has 0 aliphatic carbocycles. The van der Waals surface area contributed by atoms with Crippen LogP contribution in [0.3, 0.4) is 0 Å². The summed E-state index contributed by atoms with van der Waals surface area (Å²) in [5.74, 6) is 0.579. The minimum atomic E-state index is -0.0789. The van der Waals surface area contributed by atoms with Crippen molar-refractivity contribution >= 4 is 11.6 Å². The minimum Gasteiger partial charge on any atom is -0.484 e. The largest absolute Gasteiger partial charge is 0.484 e. The van der Waals surface area contributed by atoms with Gasteiger partial charge in [-0.2, -0.15) is 0 Å². The number of ether oxygens (including phenoxy) is 1. The highest BCUT2D eigenvalue weighted by Gasteiger charge is 2.22. The fraction of sp³-hybridized carbons (Fsp3) is 0.533. The van der Waals surface area contributed by atoms with E-state index in [9.17, 15) is 4.79 Å². The second-order valence-electron chi connectivity index (χ2n) is 5.09. The van der Waals surface area contributed by atoms with Gasteiger partial charge in [-0.15, -0.1) is 0 Å². The Morgan fingerprint density at radius 3 is 2.90 bits per heavy atom. The van der Waals surface area contributed by atoms with Gasteiger partial charge in [-0.1, -0.05) is 6.92 Å². The number of likely N-dealkylation sites (tertiary alicyclic amines) is 1. The van der Waals surface area contributed by atoms with Gasteiger partial charge in [0.15, 0.2) is 6.61 Å². The molecule has 0 spiro atoms. The van der Waals surface area contributed by atoms with Crippen molar-refractivity contribution in [2.45, 2.75) is 25.8 Å². The van der Waals surface area contributed by atoms with Gasteiger partial charge in [0.2, 0.25) is 0 Å². The van der Waals surface area contributed by atoms with Crippen LogP contribution >= 0.6 is 0 Å². The van der Waals surface area contributed by atoms with Crippen LogP contribution in [0.1, 0.15) is 19.8 Å². The summed E-state index contributed by atoms with van der Waals surface area (Å²) in [6.07, 6.45) is 2.38. The summed E-state index contributed by atoms with van der Waals surface area (Å²) in [6.45, 7) is 5.09. The molecular formula is C15H23N3O2. The summed E-state index contributed by atoms with van der Waals surface area (Å²) in [5, 5.41) is 2.94. The maximum atomic E-state index is 11.8. The molecule has 1 aromatic rings. The predicted molar refractivity (Wildman–Crippen MR) is 79.6 cm³/mol. The molecule has 1 aliphatic heterocycles. The van der Waals surface area contributed by atoms with E-state index in [-0.39, 0.29) is 12.5 Å². The van der Waals surface area contributed by atoms with Crippen LogP contribution in [0.5, 0.6) is 5.75 Å². The van der Waals surface area contributed by atoms with E-state index in [1.807, 2.05) is 0 Å². The molecule has 5 nitrogen and oxygen atoms in total. The molecule has 2 rings (SSSR count). The van der Waals surface area contributed by atoms with E-state index in [1.165, 1.54) is 6.42 Å². The molecular weight excluding hydrogens is 254 g/mol. The number of hydrogen-bond donors (Lipinski definition) is 2. The number of nitrogens with one attached hydrogen (secondary N) is 1. The fourth-order valence-electron chi connectivity index (χ4n) is 2.54. The maximum absolute atomic E-state index is 11.8. The van der Waals surface area contributed by atoms with Crippen molar-refractivity contribution in [3.63, 3.8) is 0 Å². The number of nitrogens with zero attached hydrogens (tertiary/aromatic N) is 1. The lowest BCUT2D eigenvalue weighted by molar-refractivity contribution is -0.123. The maximum Gasteiger partial charge on any atom is 0.257 e. The number of nitrogen functional groups attached to an aromatic ring is 1. The van der Waals surface area contributed by atoms with Crippen LogP contribution in [0.15, 0.2) is 24.3 Å². The highest BCUT2D eigenvalue weighted by Crippen LogP contribution is 2.15. The molecule has 0 aromatic heterocycles. The summed E-state index contributed by atoms with van der Waals surface area (Å²) in [7, 11) is 0. The molecule has 0 radical (unpaired) electrons. The lowest BCUT2D eigenvalue weighted by atomic mass is 10.2. The number of anilines is 1. The van der Waals surface area contributed by atoms with Crippen LogP contribution < -0.4 is 15.8 Å². The third-order valence-electron chi connectivity index (χ3n) is 3.69. The van der Waals surface area contributed by atoms with Gasteiger partial charge in [0, 0.05) is 18.3 Å². The third-order valence-corrected chi connectivity index (χ3v) is 3.69. The van der Waals surface area contributed by atoms with Gasteiger partial charge in [-0.3, -0.25) is 9.69 Å². The Hall–Kier alpha value is -1.75. The number of rotatable bonds is 6. The summed E-state index contributed by atoms with van der Waals surface area (Å²) in [5.41, 5.74) is 6.27. The standard InChI is InChI=1S/C15H23N3O2/c1-2-18-9-3-4-13(18)10-17-15(19)11-20-14-7-5-12(16)6-8-14/h5-8,13H,2-4,9-11,16H2,1H3,(H,17,19). The number of likely N-dealkylation sites (N-methyl/N-ethyl adjacent to an activating group) is 1. The van der Waals surface area contributed by atoms with Crippen molar-refractivity contribution in [2.75, 3.05) is 32.0 Å². The molecule has 0 bridgehead atoms. The Morgan fingerprint density at radius 2 is 2.20 bits per heavy atom. The topological polar surface area (TPSA) is 67.6 Å². The number of hydrogen-bond acceptors (Lipinski definition) is 4. The number of benzene rings is 1. The van der Waals surface area contributed by atoms with Crippen molar-refractivity contribution < 1.29 is 9.53 Å². The number of carbonyl (C=O) groups excluding carboxylic acids is 1. The first-order chi connectivity index (χ1) is 9.69. The zero-order chi connectivity index (χ0) is 14.4. The lowest BCUT2D eigenvalue weighted by Crippen LogP contribution is -2.41. The first kappa shape index (κ1) is 14.7. The van der Waals surface area contributed by atoms with Crippen molar-refractivity contribution in [3.05, 3.63) is 24.3 Å². The fourth-order valence-corrected chi connectivity index (χ4v) is 2.54. The molecule has 1 atom stereocenters. The van der Waals surface area contributed by atoms with Crippen LogP contribution in [0.25, 0.3) is 0 Å². The molecule has 1 amide bonds. The Labute approximate surface area is 120 Å². The quantitative estimate of drug-likeness (QED) is 0.768. The molecule has 3 N–H and O–H groups in total. The molecule has 1 aromatic carbocycles. The summed E-state index contributed by atoms with van der Waals surface area (Å²) >= 11 is 0. The SMILES string of the molecule is CCN1CCCC1CNC(=O)COc1ccc(N)cc1. The lowest BCUT2D eigenvalue weighted by Gasteiger charge is -2.22. The number of amides is 1. The molecule has 0 saturated carbocycles. The van der Waals surface area contributed by atoms with E-state index in [0.29, 0.717) is 24.0 Å². The second kappa shape index (κ2) is 7.14. The van der Waals surface area contributed by atoms with E-state index in [4.69, 9.17) is 10.5 Å². The summed E-state index contributed by atoms with van der Waals surface area (Å²) in [6, 6.07) is 7.51. The molecule has 20 heavy (non-hydrogen) atoms. The highest BCUT2D eigenvalue weighted by atomic mass is 16.5. The molecule has 5 heteroatoms. The Morgan fingerprint density at radius 1 is 1.45 bits per heavy atom. The Balaban J connectivity index is 1.69. The van der Waals surface area contributed by atoms with E-state index in [1.54, 1.807) is 24.3 Å². The van der Waals surface area contributed by atoms with Gasteiger partial charge in [0.1, 0.15) is 5.75 Å². The van der Waals surface area contributed by atoms with Crippen LogP contribution in [0.4, 0.5) is 5.69 Å². The van der Waals surface area contributed by atoms with E-state index < -0.39 is 0 Å². The Bertz CT molecular complexity index is 433. The predicted octanol–water partition coefficient (Wildman–Crippen LogP) is 1.25. The molecule has 1 unspecified atom stereocenters. The van der Waals surface area contributed by atoms with Crippen LogP contribution in [-0.2, 0) is 4.79 Å². The monoisotopic (exact) mass is 277 g/mol. The van der Waals surface area contributed by atoms with E-state index >= 15 is 0 Å².